The molecule has 2 rings (SSSR count). The highest BCUT2D eigenvalue weighted by Gasteiger charge is 2.19. The minimum atomic E-state index is -1.82. The van der Waals surface area contributed by atoms with Crippen LogP contribution in [-0.4, -0.2) is 35.2 Å². The molecule has 6 heteroatoms. The molecular weight excluding hydrogens is 250 g/mol. The van der Waals surface area contributed by atoms with Gasteiger partial charge < -0.3 is 19.5 Å². The van der Waals surface area contributed by atoms with Crippen LogP contribution in [0.25, 0.3) is 0 Å². The molecule has 0 radical (unpaired) electrons. The molecule has 6 nitrogen and oxygen atoms in total. The van der Waals surface area contributed by atoms with Crippen LogP contribution in [0.3, 0.4) is 0 Å². The molecule has 0 spiro atoms. The van der Waals surface area contributed by atoms with E-state index in [0.717, 1.165) is 5.88 Å². The summed E-state index contributed by atoms with van der Waals surface area (Å²) in [6, 6.07) is 4.68. The van der Waals surface area contributed by atoms with Crippen molar-refractivity contribution < 1.29 is 24.2 Å². The number of carboxylic acids is 2. The van der Waals surface area contributed by atoms with Crippen LogP contribution in [-0.2, 0) is 9.59 Å². The van der Waals surface area contributed by atoms with E-state index in [2.05, 4.69) is 11.9 Å². The fourth-order valence-corrected chi connectivity index (χ4v) is 2.12. The number of aliphatic carboxylic acids is 2. The molecule has 0 amide bonds. The normalized spacial score (nSPS) is 15.2. The SMILES string of the molecule is CN(c1ccco1)C1CCCCC1.O=C(O)C(=O)O. The Kier molecular flexibility index (Phi) is 5.92. The van der Waals surface area contributed by atoms with Gasteiger partial charge in [-0.25, -0.2) is 9.59 Å². The highest BCUT2D eigenvalue weighted by molar-refractivity contribution is 6.27. The van der Waals surface area contributed by atoms with E-state index >= 15 is 0 Å². The molecule has 1 aliphatic rings. The monoisotopic (exact) mass is 269 g/mol. The zero-order valence-corrected chi connectivity index (χ0v) is 10.9. The van der Waals surface area contributed by atoms with Gasteiger partial charge in [0.2, 0.25) is 0 Å². The molecule has 106 valence electrons. The van der Waals surface area contributed by atoms with Gasteiger partial charge >= 0.3 is 11.9 Å². The predicted molar refractivity (Wildman–Crippen MR) is 69.3 cm³/mol. The van der Waals surface area contributed by atoms with Gasteiger partial charge in [0.25, 0.3) is 0 Å². The number of anilines is 1. The zero-order valence-electron chi connectivity index (χ0n) is 10.9. The van der Waals surface area contributed by atoms with Gasteiger partial charge in [-0.05, 0) is 18.9 Å². The van der Waals surface area contributed by atoms with Gasteiger partial charge in [-0.1, -0.05) is 19.3 Å². The first-order valence-electron chi connectivity index (χ1n) is 6.25. The van der Waals surface area contributed by atoms with Crippen molar-refractivity contribution in [2.75, 3.05) is 11.9 Å². The van der Waals surface area contributed by atoms with Crippen LogP contribution in [0, 0.1) is 0 Å². The average molecular weight is 269 g/mol. The molecule has 2 N–H and O–H groups in total. The second kappa shape index (κ2) is 7.45. The van der Waals surface area contributed by atoms with E-state index in [1.165, 1.54) is 32.1 Å². The fourth-order valence-electron chi connectivity index (χ4n) is 2.12. The van der Waals surface area contributed by atoms with Crippen molar-refractivity contribution in [2.45, 2.75) is 38.1 Å². The van der Waals surface area contributed by atoms with E-state index in [4.69, 9.17) is 24.2 Å². The summed E-state index contributed by atoms with van der Waals surface area (Å²) in [5.74, 6) is -2.64. The molecule has 1 fully saturated rings. The van der Waals surface area contributed by atoms with Crippen LogP contribution in [0.2, 0.25) is 0 Å². The molecule has 0 unspecified atom stereocenters. The smallest absolute Gasteiger partial charge is 0.414 e. The number of hydrogen-bond donors (Lipinski definition) is 2. The molecule has 0 aliphatic heterocycles. The Labute approximate surface area is 111 Å². The minimum Gasteiger partial charge on any atom is -0.473 e. The lowest BCUT2D eigenvalue weighted by molar-refractivity contribution is -0.159. The predicted octanol–water partition coefficient (Wildman–Crippen LogP) is 2.20. The van der Waals surface area contributed by atoms with Crippen molar-refractivity contribution in [3.05, 3.63) is 18.4 Å². The molecule has 1 saturated carbocycles. The molecule has 0 bridgehead atoms. The van der Waals surface area contributed by atoms with Crippen molar-refractivity contribution >= 4 is 17.8 Å². The van der Waals surface area contributed by atoms with Crippen molar-refractivity contribution in [1.29, 1.82) is 0 Å². The van der Waals surface area contributed by atoms with E-state index < -0.39 is 11.9 Å². The van der Waals surface area contributed by atoms with Gasteiger partial charge in [-0.15, -0.1) is 0 Å². The number of rotatable bonds is 2. The molecule has 1 aromatic heterocycles. The summed E-state index contributed by atoms with van der Waals surface area (Å²) in [5.41, 5.74) is 0. The van der Waals surface area contributed by atoms with Gasteiger partial charge in [0, 0.05) is 19.2 Å². The summed E-state index contributed by atoms with van der Waals surface area (Å²) in [6.45, 7) is 0. The largest absolute Gasteiger partial charge is 0.473 e. The van der Waals surface area contributed by atoms with Crippen molar-refractivity contribution in [3.63, 3.8) is 0 Å². The fraction of sp³-hybridized carbons (Fsp3) is 0.538. The minimum absolute atomic E-state index is 0.694. The number of carboxylic acid groups (broad SMARTS) is 2. The second-order valence-electron chi connectivity index (χ2n) is 4.46. The lowest BCUT2D eigenvalue weighted by atomic mass is 9.94. The van der Waals surface area contributed by atoms with Crippen LogP contribution in [0.15, 0.2) is 22.8 Å². The summed E-state index contributed by atoms with van der Waals surface area (Å²) in [7, 11) is 2.13. The molecular formula is C13H19NO5. The van der Waals surface area contributed by atoms with Crippen LogP contribution in [0.1, 0.15) is 32.1 Å². The van der Waals surface area contributed by atoms with Crippen LogP contribution >= 0.6 is 0 Å². The molecule has 0 aromatic carbocycles. The Balaban J connectivity index is 0.000000258. The van der Waals surface area contributed by atoms with Gasteiger partial charge in [-0.3, -0.25) is 0 Å². The van der Waals surface area contributed by atoms with Gasteiger partial charge in [0.05, 0.1) is 6.26 Å². The van der Waals surface area contributed by atoms with E-state index in [1.54, 1.807) is 6.26 Å². The van der Waals surface area contributed by atoms with Crippen molar-refractivity contribution in [2.24, 2.45) is 0 Å². The van der Waals surface area contributed by atoms with Crippen LogP contribution in [0.4, 0.5) is 5.88 Å². The first-order chi connectivity index (χ1) is 9.02. The maximum Gasteiger partial charge on any atom is 0.414 e. The summed E-state index contributed by atoms with van der Waals surface area (Å²) in [6.07, 6.45) is 8.52. The van der Waals surface area contributed by atoms with E-state index in [9.17, 15) is 0 Å². The van der Waals surface area contributed by atoms with Gasteiger partial charge in [-0.2, -0.15) is 0 Å². The lowest BCUT2D eigenvalue weighted by Gasteiger charge is -2.30. The standard InChI is InChI=1S/C11H17NO.C2H2O4/c1-12(11-8-5-9-13-11)10-6-3-2-4-7-10;3-1(4)2(5)6/h5,8-10H,2-4,6-7H2,1H3;(H,3,4)(H,5,6). The van der Waals surface area contributed by atoms with E-state index in [0.29, 0.717) is 6.04 Å². The summed E-state index contributed by atoms with van der Waals surface area (Å²) in [5, 5.41) is 14.8. The summed E-state index contributed by atoms with van der Waals surface area (Å²) < 4.78 is 5.37. The number of furan rings is 1. The van der Waals surface area contributed by atoms with E-state index in [-0.39, 0.29) is 0 Å². The Hall–Kier alpha value is -1.98. The quantitative estimate of drug-likeness (QED) is 0.800. The molecule has 0 saturated heterocycles. The number of carbonyl (C=O) groups is 2. The molecule has 1 heterocycles. The Morgan fingerprint density at radius 2 is 1.79 bits per heavy atom. The van der Waals surface area contributed by atoms with Crippen LogP contribution < -0.4 is 4.90 Å². The average Bonchev–Trinajstić information content (AvgIpc) is 2.93. The van der Waals surface area contributed by atoms with Crippen molar-refractivity contribution in [1.82, 2.24) is 0 Å². The Morgan fingerprint density at radius 1 is 1.21 bits per heavy atom. The lowest BCUT2D eigenvalue weighted by Crippen LogP contribution is -2.32. The zero-order chi connectivity index (χ0) is 14.3. The highest BCUT2D eigenvalue weighted by Crippen LogP contribution is 2.25. The highest BCUT2D eigenvalue weighted by atomic mass is 16.4. The molecule has 1 aliphatic carbocycles. The van der Waals surface area contributed by atoms with Gasteiger partial charge in [0.15, 0.2) is 5.88 Å². The van der Waals surface area contributed by atoms with Crippen molar-refractivity contribution in [3.8, 4) is 0 Å². The first-order valence-corrected chi connectivity index (χ1v) is 6.25. The topological polar surface area (TPSA) is 91.0 Å². The third-order valence-corrected chi connectivity index (χ3v) is 3.16. The summed E-state index contributed by atoms with van der Waals surface area (Å²) >= 11 is 0. The number of nitrogens with zero attached hydrogens (tertiary/aromatic N) is 1. The van der Waals surface area contributed by atoms with E-state index in [1.807, 2.05) is 12.1 Å². The first kappa shape index (κ1) is 15.1. The third-order valence-electron chi connectivity index (χ3n) is 3.16. The maximum absolute atomic E-state index is 9.10. The summed E-state index contributed by atoms with van der Waals surface area (Å²) in [4.78, 5) is 20.5. The molecule has 1 aromatic rings. The maximum atomic E-state index is 9.10. The second-order valence-corrected chi connectivity index (χ2v) is 4.46. The molecule has 0 atom stereocenters. The number of hydrogen-bond acceptors (Lipinski definition) is 4. The van der Waals surface area contributed by atoms with Crippen LogP contribution in [0.5, 0.6) is 0 Å². The Bertz CT molecular complexity index is 383. The Morgan fingerprint density at radius 3 is 2.21 bits per heavy atom. The molecule has 19 heavy (non-hydrogen) atoms. The van der Waals surface area contributed by atoms with Gasteiger partial charge in [0.1, 0.15) is 0 Å². The third kappa shape index (κ3) is 5.03.